The van der Waals surface area contributed by atoms with E-state index in [2.05, 4.69) is 20.9 Å². The number of rotatable bonds is 9. The quantitative estimate of drug-likeness (QED) is 0.136. The van der Waals surface area contributed by atoms with E-state index in [4.69, 9.17) is 18.9 Å². The Hall–Kier alpha value is -3.78. The summed E-state index contributed by atoms with van der Waals surface area (Å²) in [4.78, 5) is 16.6. The highest BCUT2D eigenvalue weighted by Crippen LogP contribution is 2.40. The average molecular weight is 538 g/mol. The molecule has 0 bridgehead atoms. The molecule has 35 heavy (non-hydrogen) atoms. The van der Waals surface area contributed by atoms with Crippen molar-refractivity contribution in [3.05, 3.63) is 77.0 Å². The molecule has 7 nitrogen and oxygen atoms in total. The molecule has 0 saturated heterocycles. The van der Waals surface area contributed by atoms with Gasteiger partial charge in [-0.1, -0.05) is 31.5 Å². The molecule has 1 aromatic heterocycles. The number of unbranched alkanes of at least 4 members (excludes halogenated alkanes) is 1. The van der Waals surface area contributed by atoms with Gasteiger partial charge in [-0.05, 0) is 64.8 Å². The summed E-state index contributed by atoms with van der Waals surface area (Å²) in [5, 5.41) is 11.7. The topological polar surface area (TPSA) is 87.1 Å². The maximum atomic E-state index is 12.4. The van der Waals surface area contributed by atoms with Gasteiger partial charge in [0.2, 0.25) is 0 Å². The number of carbonyl (C=O) groups excluding carboxylic acids is 1. The Morgan fingerprint density at radius 3 is 2.40 bits per heavy atom. The van der Waals surface area contributed by atoms with Gasteiger partial charge in [-0.3, -0.25) is 0 Å². The lowest BCUT2D eigenvalue weighted by atomic mass is 10.1. The molecule has 0 spiro atoms. The Balaban J connectivity index is 1.64. The highest BCUT2D eigenvalue weighted by atomic mass is 79.9. The van der Waals surface area contributed by atoms with Crippen molar-refractivity contribution in [2.75, 3.05) is 13.7 Å². The van der Waals surface area contributed by atoms with Gasteiger partial charge >= 0.3 is 5.97 Å². The van der Waals surface area contributed by atoms with Gasteiger partial charge in [0.05, 0.1) is 13.7 Å². The van der Waals surface area contributed by atoms with E-state index in [-0.39, 0.29) is 18.1 Å². The number of para-hydroxylation sites is 1. The number of benzene rings is 3. The van der Waals surface area contributed by atoms with E-state index in [1.165, 1.54) is 0 Å². The van der Waals surface area contributed by atoms with Gasteiger partial charge in [-0.25, -0.2) is 9.78 Å². The largest absolute Gasteiger partial charge is 0.505 e. The molecule has 0 aliphatic heterocycles. The van der Waals surface area contributed by atoms with Gasteiger partial charge in [0.1, 0.15) is 21.9 Å². The van der Waals surface area contributed by atoms with Gasteiger partial charge in [0.25, 0.3) is 0 Å². The molecular weight excluding hydrogens is 514 g/mol. The van der Waals surface area contributed by atoms with E-state index in [1.807, 2.05) is 37.3 Å². The summed E-state index contributed by atoms with van der Waals surface area (Å²) >= 11 is 3.40. The number of aromatic nitrogens is 1. The Bertz CT molecular complexity index is 1340. The van der Waals surface area contributed by atoms with E-state index in [0.717, 1.165) is 12.8 Å². The number of hydrogen-bond acceptors (Lipinski definition) is 7. The summed E-state index contributed by atoms with van der Waals surface area (Å²) in [6, 6.07) is 19.7. The van der Waals surface area contributed by atoms with Crippen LogP contribution in [0.5, 0.6) is 34.5 Å². The van der Waals surface area contributed by atoms with Gasteiger partial charge in [0.15, 0.2) is 22.9 Å². The maximum absolute atomic E-state index is 12.4. The van der Waals surface area contributed by atoms with Crippen molar-refractivity contribution < 1.29 is 28.8 Å². The second-order valence-electron chi connectivity index (χ2n) is 7.63. The van der Waals surface area contributed by atoms with Crippen molar-refractivity contribution in [1.82, 2.24) is 4.98 Å². The predicted molar refractivity (Wildman–Crippen MR) is 136 cm³/mol. The van der Waals surface area contributed by atoms with Crippen LogP contribution in [0.3, 0.4) is 0 Å². The monoisotopic (exact) mass is 537 g/mol. The number of aromatic hydroxyl groups is 1. The van der Waals surface area contributed by atoms with Crippen LogP contribution in [0.1, 0.15) is 30.3 Å². The molecule has 0 amide bonds. The van der Waals surface area contributed by atoms with Crippen LogP contribution in [0, 0.1) is 0 Å². The summed E-state index contributed by atoms with van der Waals surface area (Å²) in [6.45, 7) is 2.27. The molecule has 1 heterocycles. The Kier molecular flexibility index (Phi) is 7.72. The van der Waals surface area contributed by atoms with E-state index in [0.29, 0.717) is 44.1 Å². The predicted octanol–water partition coefficient (Wildman–Crippen LogP) is 7.25. The Morgan fingerprint density at radius 1 is 0.914 bits per heavy atom. The second-order valence-corrected chi connectivity index (χ2v) is 8.38. The van der Waals surface area contributed by atoms with E-state index in [9.17, 15) is 9.90 Å². The fourth-order valence-corrected chi connectivity index (χ4v) is 3.85. The lowest BCUT2D eigenvalue weighted by Gasteiger charge is -2.15. The first kappa shape index (κ1) is 24.3. The smallest absolute Gasteiger partial charge is 0.360 e. The molecule has 1 N–H and O–H groups in total. The van der Waals surface area contributed by atoms with Crippen LogP contribution >= 0.6 is 15.9 Å². The Labute approximate surface area is 211 Å². The van der Waals surface area contributed by atoms with Crippen LogP contribution in [-0.2, 0) is 4.74 Å². The fourth-order valence-electron chi connectivity index (χ4n) is 3.34. The average Bonchev–Trinajstić information content (AvgIpc) is 2.88. The summed E-state index contributed by atoms with van der Waals surface area (Å²) in [5.74, 6) is 1.80. The molecule has 0 aliphatic carbocycles. The van der Waals surface area contributed by atoms with Crippen molar-refractivity contribution in [3.8, 4) is 34.5 Å². The molecule has 0 aliphatic rings. The number of ether oxygens (including phenoxy) is 4. The summed E-state index contributed by atoms with van der Waals surface area (Å²) in [6.07, 6.45) is 1.63. The van der Waals surface area contributed by atoms with Crippen LogP contribution in [0.15, 0.2) is 71.3 Å². The van der Waals surface area contributed by atoms with Gasteiger partial charge in [0, 0.05) is 16.8 Å². The molecule has 0 saturated carbocycles. The zero-order valence-electron chi connectivity index (χ0n) is 19.3. The summed E-state index contributed by atoms with van der Waals surface area (Å²) in [7, 11) is 1.58. The lowest BCUT2D eigenvalue weighted by molar-refractivity contribution is 0.0489. The zero-order valence-corrected chi connectivity index (χ0v) is 20.9. The number of hydrogen-bond donors (Lipinski definition) is 1. The van der Waals surface area contributed by atoms with Crippen molar-refractivity contribution in [2.24, 2.45) is 0 Å². The Morgan fingerprint density at radius 2 is 1.66 bits per heavy atom. The van der Waals surface area contributed by atoms with E-state index in [1.54, 1.807) is 43.5 Å². The number of pyridine rings is 1. The fraction of sp³-hybridized carbons (Fsp3) is 0.185. The highest BCUT2D eigenvalue weighted by Gasteiger charge is 2.20. The number of nitrogens with zero attached hydrogens (tertiary/aromatic N) is 1. The van der Waals surface area contributed by atoms with Crippen molar-refractivity contribution in [2.45, 2.75) is 19.8 Å². The van der Waals surface area contributed by atoms with Crippen LogP contribution in [0.25, 0.3) is 10.8 Å². The third-order valence-electron chi connectivity index (χ3n) is 5.18. The standard InChI is InChI=1S/C27H24BrNO6/c1-3-4-14-33-27(31)24-25(30)20-12-10-19(15-21(20)26(28)29-24)35-22-13-11-18(32-2)16-23(22)34-17-8-6-5-7-9-17/h5-13,15-16,30H,3-4,14H2,1-2H3. The third-order valence-corrected chi connectivity index (χ3v) is 5.78. The van der Waals surface area contributed by atoms with Gasteiger partial charge in [-0.15, -0.1) is 0 Å². The minimum Gasteiger partial charge on any atom is -0.505 e. The first-order chi connectivity index (χ1) is 17.0. The molecule has 3 aromatic carbocycles. The van der Waals surface area contributed by atoms with E-state index >= 15 is 0 Å². The van der Waals surface area contributed by atoms with Crippen LogP contribution in [0.2, 0.25) is 0 Å². The van der Waals surface area contributed by atoms with Crippen molar-refractivity contribution >= 4 is 32.7 Å². The van der Waals surface area contributed by atoms with Gasteiger partial charge < -0.3 is 24.1 Å². The van der Waals surface area contributed by atoms with Gasteiger partial charge in [-0.2, -0.15) is 0 Å². The molecule has 0 radical (unpaired) electrons. The number of esters is 1. The second kappa shape index (κ2) is 11.1. The van der Waals surface area contributed by atoms with Crippen molar-refractivity contribution in [1.29, 1.82) is 0 Å². The van der Waals surface area contributed by atoms with Crippen LogP contribution in [-0.4, -0.2) is 29.8 Å². The highest BCUT2D eigenvalue weighted by molar-refractivity contribution is 9.10. The first-order valence-corrected chi connectivity index (χ1v) is 11.9. The molecule has 0 atom stereocenters. The summed E-state index contributed by atoms with van der Waals surface area (Å²) in [5.41, 5.74) is -0.136. The van der Waals surface area contributed by atoms with Crippen LogP contribution in [0.4, 0.5) is 0 Å². The molecular formula is C27H24BrNO6. The first-order valence-electron chi connectivity index (χ1n) is 11.1. The van der Waals surface area contributed by atoms with Crippen molar-refractivity contribution in [3.63, 3.8) is 0 Å². The molecule has 0 fully saturated rings. The zero-order chi connectivity index (χ0) is 24.8. The molecule has 8 heteroatoms. The molecule has 4 rings (SSSR count). The summed E-state index contributed by atoms with van der Waals surface area (Å²) < 4.78 is 23.1. The molecule has 4 aromatic rings. The molecule has 0 unspecified atom stereocenters. The minimum absolute atomic E-state index is 0.136. The minimum atomic E-state index is -0.667. The normalized spacial score (nSPS) is 10.7. The third kappa shape index (κ3) is 5.66. The SMILES string of the molecule is CCCCOC(=O)c1nc(Br)c2cc(Oc3ccc(OC)cc3Oc3ccccc3)ccc2c1O. The van der Waals surface area contributed by atoms with E-state index < -0.39 is 5.97 Å². The number of methoxy groups -OCH3 is 1. The number of carbonyl (C=O) groups is 1. The number of halogens is 1. The van der Waals surface area contributed by atoms with Crippen LogP contribution < -0.4 is 14.2 Å². The molecule has 180 valence electrons. The lowest BCUT2D eigenvalue weighted by Crippen LogP contribution is -2.09. The number of fused-ring (bicyclic) bond motifs is 1. The maximum Gasteiger partial charge on any atom is 0.360 e.